The van der Waals surface area contributed by atoms with Crippen LogP contribution in [0, 0.1) is 6.92 Å². The molecule has 1 aromatic carbocycles. The van der Waals surface area contributed by atoms with Crippen LogP contribution in [-0.4, -0.2) is 18.6 Å². The molecule has 0 aromatic heterocycles. The summed E-state index contributed by atoms with van der Waals surface area (Å²) >= 11 is 6.10. The molecule has 1 N–H and O–H groups in total. The van der Waals surface area contributed by atoms with Crippen LogP contribution in [0.1, 0.15) is 25.0 Å². The van der Waals surface area contributed by atoms with Crippen molar-refractivity contribution < 1.29 is 9.53 Å². The van der Waals surface area contributed by atoms with Gasteiger partial charge in [-0.15, -0.1) is 0 Å². The van der Waals surface area contributed by atoms with Gasteiger partial charge in [-0.3, -0.25) is 4.79 Å². The van der Waals surface area contributed by atoms with Crippen molar-refractivity contribution in [3.05, 3.63) is 34.3 Å². The van der Waals surface area contributed by atoms with E-state index in [1.807, 2.05) is 25.1 Å². The maximum Gasteiger partial charge on any atom is 0.322 e. The van der Waals surface area contributed by atoms with E-state index in [-0.39, 0.29) is 12.0 Å². The van der Waals surface area contributed by atoms with Crippen molar-refractivity contribution in [2.75, 3.05) is 6.61 Å². The minimum Gasteiger partial charge on any atom is -0.465 e. The molecule has 0 radical (unpaired) electrons. The molecule has 17 heavy (non-hydrogen) atoms. The zero-order valence-electron chi connectivity index (χ0n) is 10.4. The first kappa shape index (κ1) is 14.0. The van der Waals surface area contributed by atoms with Gasteiger partial charge in [-0.2, -0.15) is 0 Å². The summed E-state index contributed by atoms with van der Waals surface area (Å²) < 4.78 is 4.91. The predicted molar refractivity (Wildman–Crippen MR) is 69.1 cm³/mol. The van der Waals surface area contributed by atoms with Crippen molar-refractivity contribution in [1.82, 2.24) is 5.32 Å². The normalized spacial score (nSPS) is 12.2. The van der Waals surface area contributed by atoms with Crippen LogP contribution in [0.3, 0.4) is 0 Å². The molecule has 3 nitrogen and oxygen atoms in total. The van der Waals surface area contributed by atoms with E-state index in [9.17, 15) is 4.79 Å². The number of carbonyl (C=O) groups is 1. The first-order valence-electron chi connectivity index (χ1n) is 5.69. The quantitative estimate of drug-likeness (QED) is 0.823. The first-order valence-corrected chi connectivity index (χ1v) is 6.07. The lowest BCUT2D eigenvalue weighted by molar-refractivity contribution is -0.145. The first-order chi connectivity index (χ1) is 8.04. The number of esters is 1. The Labute approximate surface area is 107 Å². The minimum absolute atomic E-state index is 0.240. The Kier molecular flexibility index (Phi) is 5.45. The van der Waals surface area contributed by atoms with Crippen LogP contribution in [0.5, 0.6) is 0 Å². The number of hydrogen-bond donors (Lipinski definition) is 1. The zero-order chi connectivity index (χ0) is 12.8. The van der Waals surface area contributed by atoms with E-state index in [0.29, 0.717) is 18.2 Å². The third-order valence-electron chi connectivity index (χ3n) is 2.45. The maximum absolute atomic E-state index is 11.4. The van der Waals surface area contributed by atoms with Gasteiger partial charge in [-0.1, -0.05) is 23.7 Å². The summed E-state index contributed by atoms with van der Waals surface area (Å²) in [6.45, 7) is 6.51. The van der Waals surface area contributed by atoms with Gasteiger partial charge in [-0.05, 0) is 38.0 Å². The fraction of sp³-hybridized carbons (Fsp3) is 0.462. The Hall–Kier alpha value is -1.06. The van der Waals surface area contributed by atoms with E-state index < -0.39 is 0 Å². The molecule has 1 aromatic rings. The second kappa shape index (κ2) is 6.62. The van der Waals surface area contributed by atoms with Crippen molar-refractivity contribution in [1.29, 1.82) is 0 Å². The van der Waals surface area contributed by atoms with Crippen LogP contribution in [0.4, 0.5) is 0 Å². The highest BCUT2D eigenvalue weighted by Crippen LogP contribution is 2.17. The molecule has 0 amide bonds. The highest BCUT2D eigenvalue weighted by Gasteiger charge is 2.13. The summed E-state index contributed by atoms with van der Waals surface area (Å²) in [6.07, 6.45) is 0. The van der Waals surface area contributed by atoms with Crippen LogP contribution in [0.25, 0.3) is 0 Å². The van der Waals surface area contributed by atoms with Crippen LogP contribution in [-0.2, 0) is 16.1 Å². The standard InChI is InChI=1S/C13H18ClNO2/c1-4-17-13(16)10(3)15-8-11-6-5-9(2)7-12(11)14/h5-7,10,15H,4,8H2,1-3H3. The summed E-state index contributed by atoms with van der Waals surface area (Å²) in [5, 5.41) is 3.80. The third kappa shape index (κ3) is 4.36. The Morgan fingerprint density at radius 2 is 2.24 bits per heavy atom. The molecule has 4 heteroatoms. The maximum atomic E-state index is 11.4. The topological polar surface area (TPSA) is 38.3 Å². The van der Waals surface area contributed by atoms with Crippen molar-refractivity contribution in [2.45, 2.75) is 33.4 Å². The molecule has 94 valence electrons. The smallest absolute Gasteiger partial charge is 0.322 e. The van der Waals surface area contributed by atoms with Crippen LogP contribution >= 0.6 is 11.6 Å². The number of aryl methyl sites for hydroxylation is 1. The number of carbonyl (C=O) groups excluding carboxylic acids is 1. The summed E-state index contributed by atoms with van der Waals surface area (Å²) in [5.74, 6) is -0.240. The molecule has 0 fully saturated rings. The van der Waals surface area contributed by atoms with E-state index in [2.05, 4.69) is 5.32 Å². The fourth-order valence-corrected chi connectivity index (χ4v) is 1.71. The molecular formula is C13H18ClNO2. The van der Waals surface area contributed by atoms with Crippen molar-refractivity contribution in [3.8, 4) is 0 Å². The average Bonchev–Trinajstić information content (AvgIpc) is 2.27. The van der Waals surface area contributed by atoms with E-state index in [4.69, 9.17) is 16.3 Å². The summed E-state index contributed by atoms with van der Waals surface area (Å²) in [7, 11) is 0. The lowest BCUT2D eigenvalue weighted by Gasteiger charge is -2.13. The number of hydrogen-bond acceptors (Lipinski definition) is 3. The molecule has 0 aliphatic carbocycles. The molecule has 1 atom stereocenters. The van der Waals surface area contributed by atoms with Gasteiger partial charge in [0.25, 0.3) is 0 Å². The van der Waals surface area contributed by atoms with E-state index in [0.717, 1.165) is 11.1 Å². The van der Waals surface area contributed by atoms with Gasteiger partial charge in [-0.25, -0.2) is 0 Å². The Balaban J connectivity index is 2.52. The van der Waals surface area contributed by atoms with Gasteiger partial charge < -0.3 is 10.1 Å². The highest BCUT2D eigenvalue weighted by atomic mass is 35.5. The van der Waals surface area contributed by atoms with Gasteiger partial charge in [0.2, 0.25) is 0 Å². The van der Waals surface area contributed by atoms with Crippen molar-refractivity contribution in [2.24, 2.45) is 0 Å². The number of halogens is 1. The van der Waals surface area contributed by atoms with Crippen LogP contribution in [0.15, 0.2) is 18.2 Å². The number of rotatable bonds is 5. The number of ether oxygens (including phenoxy) is 1. The van der Waals surface area contributed by atoms with Gasteiger partial charge >= 0.3 is 5.97 Å². The second-order valence-corrected chi connectivity index (χ2v) is 4.36. The number of nitrogens with one attached hydrogen (secondary N) is 1. The molecule has 0 aliphatic heterocycles. The van der Waals surface area contributed by atoms with Crippen LogP contribution < -0.4 is 5.32 Å². The fourth-order valence-electron chi connectivity index (χ4n) is 1.41. The number of benzene rings is 1. The Bertz CT molecular complexity index is 393. The molecule has 0 aliphatic rings. The summed E-state index contributed by atoms with van der Waals surface area (Å²) in [5.41, 5.74) is 2.10. The van der Waals surface area contributed by atoms with Gasteiger partial charge in [0.05, 0.1) is 6.61 Å². The second-order valence-electron chi connectivity index (χ2n) is 3.95. The predicted octanol–water partition coefficient (Wildman–Crippen LogP) is 2.69. The van der Waals surface area contributed by atoms with Gasteiger partial charge in [0, 0.05) is 11.6 Å². The van der Waals surface area contributed by atoms with Crippen LogP contribution in [0.2, 0.25) is 5.02 Å². The molecule has 0 spiro atoms. The van der Waals surface area contributed by atoms with E-state index in [1.54, 1.807) is 13.8 Å². The van der Waals surface area contributed by atoms with E-state index in [1.165, 1.54) is 0 Å². The molecule has 0 bridgehead atoms. The Morgan fingerprint density at radius 1 is 1.53 bits per heavy atom. The molecule has 0 saturated carbocycles. The molecule has 0 heterocycles. The van der Waals surface area contributed by atoms with E-state index >= 15 is 0 Å². The van der Waals surface area contributed by atoms with Crippen molar-refractivity contribution >= 4 is 17.6 Å². The minimum atomic E-state index is -0.327. The monoisotopic (exact) mass is 255 g/mol. The molecule has 0 saturated heterocycles. The largest absolute Gasteiger partial charge is 0.465 e. The average molecular weight is 256 g/mol. The molecular weight excluding hydrogens is 238 g/mol. The summed E-state index contributed by atoms with van der Waals surface area (Å²) in [4.78, 5) is 11.4. The highest BCUT2D eigenvalue weighted by molar-refractivity contribution is 6.31. The zero-order valence-corrected chi connectivity index (χ0v) is 11.2. The molecule has 1 rings (SSSR count). The van der Waals surface area contributed by atoms with Crippen molar-refractivity contribution in [3.63, 3.8) is 0 Å². The summed E-state index contributed by atoms with van der Waals surface area (Å²) in [6, 6.07) is 5.54. The Morgan fingerprint density at radius 3 is 2.82 bits per heavy atom. The van der Waals surface area contributed by atoms with Gasteiger partial charge in [0.1, 0.15) is 6.04 Å². The molecule has 1 unspecified atom stereocenters. The lowest BCUT2D eigenvalue weighted by atomic mass is 10.1. The third-order valence-corrected chi connectivity index (χ3v) is 2.80. The van der Waals surface area contributed by atoms with Gasteiger partial charge in [0.15, 0.2) is 0 Å². The lowest BCUT2D eigenvalue weighted by Crippen LogP contribution is -2.34. The SMILES string of the molecule is CCOC(=O)C(C)NCc1ccc(C)cc1Cl.